The van der Waals surface area contributed by atoms with Crippen LogP contribution in [0, 0.1) is 0 Å². The molecule has 5 heteroatoms. The van der Waals surface area contributed by atoms with Crippen molar-refractivity contribution in [2.24, 2.45) is 0 Å². The largest absolute Gasteiger partial charge is 0.485 e. The zero-order valence-electron chi connectivity index (χ0n) is 13.3. The van der Waals surface area contributed by atoms with Gasteiger partial charge in [-0.15, -0.1) is 0 Å². The van der Waals surface area contributed by atoms with Crippen LogP contribution in [0.25, 0.3) is 0 Å². The molecule has 4 nitrogen and oxygen atoms in total. The number of rotatable bonds is 6. The Morgan fingerprint density at radius 2 is 1.82 bits per heavy atom. The average Bonchev–Trinajstić information content (AvgIpc) is 3.34. The van der Waals surface area contributed by atoms with Gasteiger partial charge in [0.15, 0.2) is 0 Å². The molecule has 0 aromatic heterocycles. The van der Waals surface area contributed by atoms with Crippen molar-refractivity contribution < 1.29 is 13.7 Å². The second-order valence-electron chi connectivity index (χ2n) is 6.72. The fourth-order valence-electron chi connectivity index (χ4n) is 2.89. The molecular formula is C17H25NO3S. The number of epoxide rings is 1. The summed E-state index contributed by atoms with van der Waals surface area (Å²) in [5.41, 5.74) is -0.318. The summed E-state index contributed by atoms with van der Waals surface area (Å²) in [6.45, 7) is 4.82. The van der Waals surface area contributed by atoms with E-state index in [-0.39, 0.29) is 11.7 Å². The van der Waals surface area contributed by atoms with Gasteiger partial charge in [-0.05, 0) is 51.0 Å². The molecule has 2 atom stereocenters. The van der Waals surface area contributed by atoms with Crippen LogP contribution in [-0.4, -0.2) is 28.6 Å². The Bertz CT molecular complexity index is 519. The molecule has 1 aromatic rings. The second kappa shape index (κ2) is 6.69. The lowest BCUT2D eigenvalue weighted by atomic mass is 9.96. The molecule has 2 aliphatic rings. The third-order valence-electron chi connectivity index (χ3n) is 4.41. The van der Waals surface area contributed by atoms with Gasteiger partial charge in [0.05, 0.1) is 11.5 Å². The van der Waals surface area contributed by atoms with E-state index in [0.717, 1.165) is 30.1 Å². The van der Waals surface area contributed by atoms with Crippen LogP contribution in [0.3, 0.4) is 0 Å². The molecule has 1 saturated carbocycles. The maximum Gasteiger partial charge on any atom is 0.132 e. The predicted molar refractivity (Wildman–Crippen MR) is 87.3 cm³/mol. The molecule has 2 fully saturated rings. The van der Waals surface area contributed by atoms with E-state index in [1.807, 2.05) is 38.1 Å². The molecule has 1 heterocycles. The first kappa shape index (κ1) is 16.0. The zero-order valence-corrected chi connectivity index (χ0v) is 14.2. The van der Waals surface area contributed by atoms with Crippen molar-refractivity contribution in [3.05, 3.63) is 24.3 Å². The van der Waals surface area contributed by atoms with E-state index in [2.05, 4.69) is 4.72 Å². The minimum absolute atomic E-state index is 0.175. The highest BCUT2D eigenvalue weighted by Crippen LogP contribution is 2.29. The van der Waals surface area contributed by atoms with Crippen LogP contribution in [-0.2, 0) is 15.7 Å². The van der Waals surface area contributed by atoms with Crippen molar-refractivity contribution in [3.8, 4) is 5.75 Å². The third-order valence-corrected chi connectivity index (χ3v) is 5.65. The fourth-order valence-corrected chi connectivity index (χ4v) is 3.95. The minimum atomic E-state index is -1.14. The van der Waals surface area contributed by atoms with E-state index in [9.17, 15) is 4.21 Å². The molecule has 2 unspecified atom stereocenters. The zero-order chi connectivity index (χ0) is 15.6. The number of nitrogens with one attached hydrogen (secondary N) is 1. The summed E-state index contributed by atoms with van der Waals surface area (Å²) in [4.78, 5) is 0.804. The van der Waals surface area contributed by atoms with Crippen molar-refractivity contribution in [1.29, 1.82) is 0 Å². The maximum absolute atomic E-state index is 12.4. The van der Waals surface area contributed by atoms with Crippen LogP contribution < -0.4 is 9.46 Å². The standard InChI is InChI=1S/C17H25NO3S/c1-17(2,16-12-20-16)21-14-8-10-15(11-9-14)22(19)18-13-6-4-3-5-7-13/h8-11,13,16,18H,3-7,12H2,1-2H3. The van der Waals surface area contributed by atoms with Crippen LogP contribution >= 0.6 is 0 Å². The Morgan fingerprint density at radius 3 is 2.41 bits per heavy atom. The molecule has 3 rings (SSSR count). The summed E-state index contributed by atoms with van der Waals surface area (Å²) < 4.78 is 26.9. The van der Waals surface area contributed by atoms with Crippen molar-refractivity contribution in [2.45, 2.75) is 68.6 Å². The summed E-state index contributed by atoms with van der Waals surface area (Å²) in [6, 6.07) is 7.92. The van der Waals surface area contributed by atoms with E-state index in [0.29, 0.717) is 6.04 Å². The summed E-state index contributed by atoms with van der Waals surface area (Å²) in [5, 5.41) is 0. The van der Waals surface area contributed by atoms with Crippen LogP contribution in [0.2, 0.25) is 0 Å². The van der Waals surface area contributed by atoms with Gasteiger partial charge in [-0.25, -0.2) is 8.93 Å². The summed E-state index contributed by atoms with van der Waals surface area (Å²) in [7, 11) is -1.14. The lowest BCUT2D eigenvalue weighted by molar-refractivity contribution is 0.0743. The third kappa shape index (κ3) is 4.09. The molecule has 1 aliphatic heterocycles. The minimum Gasteiger partial charge on any atom is -0.485 e. The Balaban J connectivity index is 1.57. The molecule has 0 radical (unpaired) electrons. The SMILES string of the molecule is CC(C)(Oc1ccc(S(=O)NC2CCCCC2)cc1)C1CO1. The quantitative estimate of drug-likeness (QED) is 0.818. The monoisotopic (exact) mass is 323 g/mol. The van der Waals surface area contributed by atoms with Crippen LogP contribution in [0.1, 0.15) is 46.0 Å². The van der Waals surface area contributed by atoms with Crippen molar-refractivity contribution >= 4 is 11.0 Å². The molecule has 1 aromatic carbocycles. The van der Waals surface area contributed by atoms with Crippen LogP contribution in [0.4, 0.5) is 0 Å². The van der Waals surface area contributed by atoms with Crippen LogP contribution in [0.15, 0.2) is 29.2 Å². The van der Waals surface area contributed by atoms with E-state index >= 15 is 0 Å². The van der Waals surface area contributed by atoms with Gasteiger partial charge in [0.2, 0.25) is 0 Å². The topological polar surface area (TPSA) is 50.9 Å². The van der Waals surface area contributed by atoms with Gasteiger partial charge in [0, 0.05) is 6.04 Å². The lowest BCUT2D eigenvalue weighted by Gasteiger charge is -2.24. The summed E-state index contributed by atoms with van der Waals surface area (Å²) in [5.74, 6) is 0.791. The second-order valence-corrected chi connectivity index (χ2v) is 7.96. The fraction of sp³-hybridized carbons (Fsp3) is 0.647. The highest BCUT2D eigenvalue weighted by atomic mass is 32.2. The van der Waals surface area contributed by atoms with E-state index in [1.54, 1.807) is 0 Å². The maximum atomic E-state index is 12.4. The summed E-state index contributed by atoms with van der Waals surface area (Å²) in [6.07, 6.45) is 6.21. The Hall–Kier alpha value is -0.910. The molecule has 1 N–H and O–H groups in total. The average molecular weight is 323 g/mol. The van der Waals surface area contributed by atoms with Crippen molar-refractivity contribution in [3.63, 3.8) is 0 Å². The molecule has 0 amide bonds. The lowest BCUT2D eigenvalue weighted by Crippen LogP contribution is -2.34. The van der Waals surface area contributed by atoms with Gasteiger partial charge in [0.25, 0.3) is 0 Å². The van der Waals surface area contributed by atoms with Crippen molar-refractivity contribution in [1.82, 2.24) is 4.72 Å². The Kier molecular flexibility index (Phi) is 4.85. The number of hydrogen-bond acceptors (Lipinski definition) is 3. The number of hydrogen-bond donors (Lipinski definition) is 1. The Morgan fingerprint density at radius 1 is 1.18 bits per heavy atom. The molecule has 0 bridgehead atoms. The molecule has 22 heavy (non-hydrogen) atoms. The number of benzene rings is 1. The van der Waals surface area contributed by atoms with Gasteiger partial charge >= 0.3 is 0 Å². The van der Waals surface area contributed by atoms with Crippen molar-refractivity contribution in [2.75, 3.05) is 6.61 Å². The van der Waals surface area contributed by atoms with E-state index in [1.165, 1.54) is 19.3 Å². The molecule has 0 spiro atoms. The van der Waals surface area contributed by atoms with Crippen LogP contribution in [0.5, 0.6) is 5.75 Å². The highest BCUT2D eigenvalue weighted by Gasteiger charge is 2.41. The first-order valence-corrected chi connectivity index (χ1v) is 9.28. The van der Waals surface area contributed by atoms with E-state index in [4.69, 9.17) is 9.47 Å². The first-order chi connectivity index (χ1) is 10.5. The number of ether oxygens (including phenoxy) is 2. The van der Waals surface area contributed by atoms with Gasteiger partial charge in [0.1, 0.15) is 28.4 Å². The molecular weight excluding hydrogens is 298 g/mol. The smallest absolute Gasteiger partial charge is 0.132 e. The molecule has 1 aliphatic carbocycles. The molecule has 1 saturated heterocycles. The molecule has 122 valence electrons. The van der Waals surface area contributed by atoms with Gasteiger partial charge in [-0.3, -0.25) is 0 Å². The predicted octanol–water partition coefficient (Wildman–Crippen LogP) is 3.19. The normalized spacial score (nSPS) is 24.0. The Labute approximate surface area is 135 Å². The van der Waals surface area contributed by atoms with E-state index < -0.39 is 11.0 Å². The van der Waals surface area contributed by atoms with Gasteiger partial charge in [-0.1, -0.05) is 19.3 Å². The van der Waals surface area contributed by atoms with Gasteiger partial charge in [-0.2, -0.15) is 0 Å². The van der Waals surface area contributed by atoms with Gasteiger partial charge < -0.3 is 9.47 Å². The summed E-state index contributed by atoms with van der Waals surface area (Å²) >= 11 is 0. The highest BCUT2D eigenvalue weighted by molar-refractivity contribution is 7.83. The first-order valence-electron chi connectivity index (χ1n) is 8.13.